The van der Waals surface area contributed by atoms with E-state index in [1.54, 1.807) is 12.1 Å². The molecule has 5 heteroatoms. The number of phenolic OH excluding ortho intramolecular Hbond substituents is 1. The van der Waals surface area contributed by atoms with E-state index in [0.29, 0.717) is 11.5 Å². The second-order valence-corrected chi connectivity index (χ2v) is 5.12. The molecule has 0 saturated heterocycles. The van der Waals surface area contributed by atoms with Gasteiger partial charge in [0.25, 0.3) is 0 Å². The van der Waals surface area contributed by atoms with Crippen molar-refractivity contribution in [1.29, 1.82) is 0 Å². The Morgan fingerprint density at radius 1 is 1.11 bits per heavy atom. The van der Waals surface area contributed by atoms with Crippen molar-refractivity contribution in [2.24, 2.45) is 11.1 Å². The van der Waals surface area contributed by atoms with E-state index >= 15 is 0 Å². The first-order valence-electron chi connectivity index (χ1n) is 5.51. The van der Waals surface area contributed by atoms with Gasteiger partial charge in [0, 0.05) is 6.04 Å². The summed E-state index contributed by atoms with van der Waals surface area (Å²) in [4.78, 5) is 0. The quantitative estimate of drug-likeness (QED) is 0.890. The molecule has 0 aliphatic carbocycles. The van der Waals surface area contributed by atoms with Gasteiger partial charge in [0.1, 0.15) is 0 Å². The Balaban J connectivity index is 0.00000289. The Kier molecular flexibility index (Phi) is 5.77. The molecule has 0 heterocycles. The molecule has 0 aliphatic rings. The molecule has 4 nitrogen and oxygen atoms in total. The van der Waals surface area contributed by atoms with Crippen LogP contribution in [0.4, 0.5) is 0 Å². The molecule has 104 valence electrons. The van der Waals surface area contributed by atoms with Crippen molar-refractivity contribution >= 4 is 12.4 Å². The number of phenols is 1. The molecule has 1 atom stereocenters. The van der Waals surface area contributed by atoms with Crippen LogP contribution in [0.25, 0.3) is 0 Å². The molecule has 0 fully saturated rings. The third-order valence-electron chi connectivity index (χ3n) is 2.79. The molecule has 3 N–H and O–H groups in total. The largest absolute Gasteiger partial charge is 0.502 e. The summed E-state index contributed by atoms with van der Waals surface area (Å²) in [5, 5.41) is 9.81. The van der Waals surface area contributed by atoms with Crippen LogP contribution >= 0.6 is 12.4 Å². The van der Waals surface area contributed by atoms with E-state index in [0.717, 1.165) is 5.56 Å². The summed E-state index contributed by atoms with van der Waals surface area (Å²) in [7, 11) is 3.00. The van der Waals surface area contributed by atoms with E-state index in [2.05, 4.69) is 20.8 Å². The van der Waals surface area contributed by atoms with Gasteiger partial charge >= 0.3 is 0 Å². The summed E-state index contributed by atoms with van der Waals surface area (Å²) in [6, 6.07) is 3.33. The fourth-order valence-corrected chi connectivity index (χ4v) is 1.59. The minimum Gasteiger partial charge on any atom is -0.502 e. The first kappa shape index (κ1) is 16.9. The van der Waals surface area contributed by atoms with E-state index in [-0.39, 0.29) is 29.6 Å². The molecule has 1 rings (SSSR count). The number of aromatic hydroxyl groups is 1. The van der Waals surface area contributed by atoms with Gasteiger partial charge < -0.3 is 20.3 Å². The van der Waals surface area contributed by atoms with Crippen molar-refractivity contribution in [1.82, 2.24) is 0 Å². The molecule has 0 unspecified atom stereocenters. The first-order chi connectivity index (χ1) is 7.81. The fraction of sp³-hybridized carbons (Fsp3) is 0.538. The van der Waals surface area contributed by atoms with Gasteiger partial charge in [0.2, 0.25) is 5.75 Å². The molecule has 1 aromatic carbocycles. The van der Waals surface area contributed by atoms with Crippen molar-refractivity contribution in [3.8, 4) is 17.2 Å². The Morgan fingerprint density at radius 2 is 1.50 bits per heavy atom. The highest BCUT2D eigenvalue weighted by Gasteiger charge is 2.24. The van der Waals surface area contributed by atoms with E-state index in [1.807, 2.05) is 0 Å². The number of hydrogen-bond donors (Lipinski definition) is 2. The predicted octanol–water partition coefficient (Wildman–Crippen LogP) is 2.88. The highest BCUT2D eigenvalue weighted by atomic mass is 35.5. The molecule has 18 heavy (non-hydrogen) atoms. The Labute approximate surface area is 115 Å². The van der Waals surface area contributed by atoms with E-state index in [9.17, 15) is 5.11 Å². The Hall–Kier alpha value is -1.13. The first-order valence-corrected chi connectivity index (χ1v) is 5.51. The topological polar surface area (TPSA) is 64.7 Å². The molecule has 0 spiro atoms. The average molecular weight is 276 g/mol. The summed E-state index contributed by atoms with van der Waals surface area (Å²) in [5.41, 5.74) is 6.98. The van der Waals surface area contributed by atoms with Gasteiger partial charge in [0.05, 0.1) is 14.2 Å². The van der Waals surface area contributed by atoms with Crippen LogP contribution in [-0.2, 0) is 0 Å². The molecule has 0 aliphatic heterocycles. The van der Waals surface area contributed by atoms with Crippen molar-refractivity contribution in [3.63, 3.8) is 0 Å². The summed E-state index contributed by atoms with van der Waals surface area (Å²) < 4.78 is 10.2. The zero-order valence-electron chi connectivity index (χ0n) is 11.5. The number of benzene rings is 1. The molecule has 0 bridgehead atoms. The number of hydrogen-bond acceptors (Lipinski definition) is 4. The van der Waals surface area contributed by atoms with Crippen molar-refractivity contribution in [2.45, 2.75) is 26.8 Å². The maximum Gasteiger partial charge on any atom is 0.200 e. The molecule has 1 aromatic rings. The summed E-state index contributed by atoms with van der Waals surface area (Å²) in [6.07, 6.45) is 0. The molecular formula is C13H22ClNO3. The van der Waals surface area contributed by atoms with E-state index < -0.39 is 0 Å². The maximum atomic E-state index is 9.81. The van der Waals surface area contributed by atoms with Gasteiger partial charge in [-0.3, -0.25) is 0 Å². The Morgan fingerprint density at radius 3 is 1.78 bits per heavy atom. The van der Waals surface area contributed by atoms with Gasteiger partial charge in [-0.05, 0) is 23.1 Å². The number of nitrogens with two attached hydrogens (primary N) is 1. The molecule has 0 amide bonds. The highest BCUT2D eigenvalue weighted by Crippen LogP contribution is 2.41. The van der Waals surface area contributed by atoms with Gasteiger partial charge in [-0.2, -0.15) is 0 Å². The molecule has 0 saturated carbocycles. The van der Waals surface area contributed by atoms with Crippen LogP contribution in [0.15, 0.2) is 12.1 Å². The summed E-state index contributed by atoms with van der Waals surface area (Å²) in [6.45, 7) is 6.18. The molecule has 0 radical (unpaired) electrons. The van der Waals surface area contributed by atoms with E-state index in [4.69, 9.17) is 15.2 Å². The average Bonchev–Trinajstić information content (AvgIpc) is 2.27. The van der Waals surface area contributed by atoms with Gasteiger partial charge in [-0.15, -0.1) is 12.4 Å². The van der Waals surface area contributed by atoms with Gasteiger partial charge in [-0.25, -0.2) is 0 Å². The highest BCUT2D eigenvalue weighted by molar-refractivity contribution is 5.85. The number of halogens is 1. The van der Waals surface area contributed by atoms with Crippen LogP contribution in [0.1, 0.15) is 32.4 Å². The standard InChI is InChI=1S/C13H21NO3.ClH/c1-13(2,3)12(14)8-6-9(16-4)11(15)10(7-8)17-5;/h6-7,12,15H,14H2,1-5H3;1H/t12-;/m0./s1. The van der Waals surface area contributed by atoms with Crippen LogP contribution < -0.4 is 15.2 Å². The van der Waals surface area contributed by atoms with E-state index in [1.165, 1.54) is 14.2 Å². The van der Waals surface area contributed by atoms with Crippen molar-refractivity contribution in [3.05, 3.63) is 17.7 Å². The minimum atomic E-state index is -0.161. The number of rotatable bonds is 3. The third-order valence-corrected chi connectivity index (χ3v) is 2.79. The Bertz CT molecular complexity index is 377. The lowest BCUT2D eigenvalue weighted by Crippen LogP contribution is -2.26. The van der Waals surface area contributed by atoms with Crippen LogP contribution in [-0.4, -0.2) is 19.3 Å². The minimum absolute atomic E-state index is 0. The van der Waals surface area contributed by atoms with Gasteiger partial charge in [-0.1, -0.05) is 20.8 Å². The number of ether oxygens (including phenoxy) is 2. The zero-order valence-corrected chi connectivity index (χ0v) is 12.3. The normalized spacial score (nSPS) is 12.6. The fourth-order valence-electron chi connectivity index (χ4n) is 1.59. The lowest BCUT2D eigenvalue weighted by atomic mass is 9.83. The summed E-state index contributed by atoms with van der Waals surface area (Å²) >= 11 is 0. The lowest BCUT2D eigenvalue weighted by molar-refractivity contribution is 0.316. The second-order valence-electron chi connectivity index (χ2n) is 5.12. The lowest BCUT2D eigenvalue weighted by Gasteiger charge is -2.28. The van der Waals surface area contributed by atoms with Gasteiger partial charge in [0.15, 0.2) is 11.5 Å². The van der Waals surface area contributed by atoms with Crippen LogP contribution in [0.3, 0.4) is 0 Å². The van der Waals surface area contributed by atoms with Crippen molar-refractivity contribution < 1.29 is 14.6 Å². The second kappa shape index (κ2) is 6.16. The van der Waals surface area contributed by atoms with Crippen LogP contribution in [0.5, 0.6) is 17.2 Å². The molecule has 0 aromatic heterocycles. The predicted molar refractivity (Wildman–Crippen MR) is 74.8 cm³/mol. The smallest absolute Gasteiger partial charge is 0.200 e. The number of methoxy groups -OCH3 is 2. The maximum absolute atomic E-state index is 9.81. The summed E-state index contributed by atoms with van der Waals surface area (Å²) in [5.74, 6) is 0.748. The molecular weight excluding hydrogens is 254 g/mol. The third kappa shape index (κ3) is 3.43. The van der Waals surface area contributed by atoms with Crippen LogP contribution in [0.2, 0.25) is 0 Å². The monoisotopic (exact) mass is 275 g/mol. The SMILES string of the molecule is COc1cc([C@H](N)C(C)(C)C)cc(OC)c1O.Cl. The van der Waals surface area contributed by atoms with Crippen molar-refractivity contribution in [2.75, 3.05) is 14.2 Å². The zero-order chi connectivity index (χ0) is 13.2. The van der Waals surface area contributed by atoms with Crippen LogP contribution in [0, 0.1) is 5.41 Å².